The lowest BCUT2D eigenvalue weighted by Crippen LogP contribution is -2.24. The van der Waals surface area contributed by atoms with E-state index in [0.29, 0.717) is 34.9 Å². The van der Waals surface area contributed by atoms with Crippen molar-refractivity contribution in [3.8, 4) is 90.6 Å². The van der Waals surface area contributed by atoms with Crippen molar-refractivity contribution in [3.63, 3.8) is 0 Å². The topological polar surface area (TPSA) is 83.8 Å². The molecule has 12 aromatic rings. The van der Waals surface area contributed by atoms with Crippen LogP contribution in [0, 0.1) is 0 Å². The van der Waals surface area contributed by atoms with Crippen LogP contribution in [0.2, 0.25) is 0 Å². The van der Waals surface area contributed by atoms with Gasteiger partial charge in [-0.3, -0.25) is 0 Å². The molecule has 0 aliphatic carbocycles. The summed E-state index contributed by atoms with van der Waals surface area (Å²) in [6.45, 7) is 0. The van der Waals surface area contributed by atoms with Gasteiger partial charge in [-0.05, 0) is 88.6 Å². The Bertz CT molecular complexity index is 3920. The molecule has 0 bridgehead atoms. The highest BCUT2D eigenvalue weighted by Gasteiger charge is 2.37. The Morgan fingerprint density at radius 3 is 1.08 bits per heavy atom. The number of para-hydroxylation sites is 3. The van der Waals surface area contributed by atoms with Gasteiger partial charge >= 0.3 is 0 Å². The Morgan fingerprint density at radius 1 is 0.222 bits per heavy atom. The van der Waals surface area contributed by atoms with E-state index in [9.17, 15) is 0 Å². The molecule has 2 aliphatic rings. The summed E-state index contributed by atoms with van der Waals surface area (Å²) in [7, 11) is 0. The number of rotatable bonds is 7. The van der Waals surface area contributed by atoms with Crippen molar-refractivity contribution < 1.29 is 0 Å². The van der Waals surface area contributed by atoms with Crippen molar-refractivity contribution in [2.24, 2.45) is 0 Å². The van der Waals surface area contributed by atoms with Crippen LogP contribution >= 0.6 is 0 Å². The minimum absolute atomic E-state index is 0.574. The van der Waals surface area contributed by atoms with Crippen LogP contribution in [0.5, 0.6) is 0 Å². The van der Waals surface area contributed by atoms with E-state index in [2.05, 4.69) is 155 Å². The van der Waals surface area contributed by atoms with Crippen LogP contribution in [-0.4, -0.2) is 29.9 Å². The van der Waals surface area contributed by atoms with Crippen LogP contribution < -0.4 is 9.80 Å². The molecule has 0 unspecified atom stereocenters. The van der Waals surface area contributed by atoms with Crippen molar-refractivity contribution in [1.82, 2.24) is 29.9 Å². The molecule has 0 saturated carbocycles. The van der Waals surface area contributed by atoms with E-state index < -0.39 is 0 Å². The first-order chi connectivity index (χ1) is 35.7. The molecule has 8 heteroatoms. The van der Waals surface area contributed by atoms with E-state index in [0.717, 1.165) is 101 Å². The number of hydrogen-bond acceptors (Lipinski definition) is 8. The van der Waals surface area contributed by atoms with Gasteiger partial charge in [-0.2, -0.15) is 0 Å². The minimum Gasteiger partial charge on any atom is -0.306 e. The first-order valence-electron chi connectivity index (χ1n) is 24.0. The van der Waals surface area contributed by atoms with E-state index in [-0.39, 0.29) is 0 Å². The fraction of sp³-hybridized carbons (Fsp3) is 0. The Kier molecular flexibility index (Phi) is 9.67. The predicted molar refractivity (Wildman–Crippen MR) is 291 cm³/mol. The molecular formula is C64H40N8. The number of benzene rings is 10. The van der Waals surface area contributed by atoms with Crippen LogP contribution in [0.4, 0.5) is 34.1 Å². The largest absolute Gasteiger partial charge is 0.306 e. The fourth-order valence-electron chi connectivity index (χ4n) is 10.2. The molecule has 336 valence electrons. The number of nitrogens with zero attached hydrogens (tertiary/aromatic N) is 8. The van der Waals surface area contributed by atoms with Crippen molar-refractivity contribution in [1.29, 1.82) is 0 Å². The third kappa shape index (κ3) is 7.00. The Balaban J connectivity index is 1.07. The molecule has 0 atom stereocenters. The SMILES string of the molecule is c1ccc(-c2nc(-c3ccccc3)nc(-c3ccc4c(c3)-c3cc5ccccc5cc3-c3cc(-c5nc(-c6ccccc6)nc(-c6ccccc6)n5)cc5c3N4c3ccccc3N5c3ccccc3)n2)cc1. The summed E-state index contributed by atoms with van der Waals surface area (Å²) in [5.74, 6) is 3.59. The van der Waals surface area contributed by atoms with Gasteiger partial charge < -0.3 is 9.80 Å². The standard InChI is InChI=1S/C64H40N8/c1-6-20-41(21-7-1)59-65-60(42-22-8-2-9-23-42)68-63(67-59)47-34-35-54-52(38-47)50-36-45-28-16-17-29-46(45)37-51(50)53-39-48(64-69-61(43-24-10-3-11-25-43)66-62(70-64)44-26-12-4-13-27-44)40-57-58(53)72(54)56-33-19-18-32-55(56)71(57)49-30-14-5-15-31-49/h1-40H. The van der Waals surface area contributed by atoms with Gasteiger partial charge in [0.25, 0.3) is 0 Å². The Hall–Kier alpha value is -9.92. The van der Waals surface area contributed by atoms with Gasteiger partial charge in [0.1, 0.15) is 0 Å². The molecule has 0 fully saturated rings. The molecule has 0 spiro atoms. The lowest BCUT2D eigenvalue weighted by atomic mass is 9.89. The highest BCUT2D eigenvalue weighted by Crippen LogP contribution is 2.62. The predicted octanol–water partition coefficient (Wildman–Crippen LogP) is 16.1. The summed E-state index contributed by atoms with van der Waals surface area (Å²) >= 11 is 0. The monoisotopic (exact) mass is 920 g/mol. The van der Waals surface area contributed by atoms with Crippen molar-refractivity contribution >= 4 is 44.9 Å². The lowest BCUT2D eigenvalue weighted by molar-refractivity contribution is 1.07. The van der Waals surface area contributed by atoms with Gasteiger partial charge in [0.15, 0.2) is 34.9 Å². The first-order valence-corrected chi connectivity index (χ1v) is 24.0. The van der Waals surface area contributed by atoms with Gasteiger partial charge in [-0.25, -0.2) is 29.9 Å². The second kappa shape index (κ2) is 16.9. The average molecular weight is 921 g/mol. The molecule has 2 aliphatic heterocycles. The number of hydrogen-bond donors (Lipinski definition) is 0. The van der Waals surface area contributed by atoms with Crippen molar-refractivity contribution in [2.75, 3.05) is 9.80 Å². The normalized spacial score (nSPS) is 12.1. The highest BCUT2D eigenvalue weighted by molar-refractivity contribution is 6.15. The van der Waals surface area contributed by atoms with Crippen LogP contribution in [0.15, 0.2) is 243 Å². The molecule has 2 aromatic heterocycles. The van der Waals surface area contributed by atoms with Crippen molar-refractivity contribution in [3.05, 3.63) is 243 Å². The molecule has 4 heterocycles. The third-order valence-electron chi connectivity index (χ3n) is 13.6. The second-order valence-corrected chi connectivity index (χ2v) is 17.9. The molecule has 8 nitrogen and oxygen atoms in total. The molecule has 0 saturated heterocycles. The zero-order valence-corrected chi connectivity index (χ0v) is 38.7. The van der Waals surface area contributed by atoms with Crippen LogP contribution in [0.25, 0.3) is 101 Å². The van der Waals surface area contributed by atoms with Crippen LogP contribution in [0.3, 0.4) is 0 Å². The summed E-state index contributed by atoms with van der Waals surface area (Å²) in [6, 6.07) is 84.4. The third-order valence-corrected chi connectivity index (χ3v) is 13.6. The summed E-state index contributed by atoms with van der Waals surface area (Å²) < 4.78 is 0. The molecule has 0 amide bonds. The minimum atomic E-state index is 0.574. The Labute approximate surface area is 416 Å². The quantitative estimate of drug-likeness (QED) is 0.156. The van der Waals surface area contributed by atoms with E-state index >= 15 is 0 Å². The average Bonchev–Trinajstić information content (AvgIpc) is 3.58. The van der Waals surface area contributed by atoms with Crippen LogP contribution in [0.1, 0.15) is 0 Å². The summed E-state index contributed by atoms with van der Waals surface area (Å²) in [5.41, 5.74) is 15.8. The van der Waals surface area contributed by atoms with Gasteiger partial charge in [0.05, 0.1) is 28.4 Å². The molecule has 10 aromatic carbocycles. The summed E-state index contributed by atoms with van der Waals surface area (Å²) in [4.78, 5) is 35.9. The summed E-state index contributed by atoms with van der Waals surface area (Å²) in [6.07, 6.45) is 0. The maximum Gasteiger partial charge on any atom is 0.164 e. The maximum absolute atomic E-state index is 5.30. The van der Waals surface area contributed by atoms with Crippen LogP contribution in [-0.2, 0) is 0 Å². The number of anilines is 6. The molecule has 0 radical (unpaired) electrons. The highest BCUT2D eigenvalue weighted by atomic mass is 15.3. The van der Waals surface area contributed by atoms with E-state index in [1.54, 1.807) is 0 Å². The Morgan fingerprint density at radius 2 is 0.597 bits per heavy atom. The lowest BCUT2D eigenvalue weighted by Gasteiger charge is -2.41. The maximum atomic E-state index is 5.30. The molecular weight excluding hydrogens is 881 g/mol. The van der Waals surface area contributed by atoms with Gasteiger partial charge in [0.2, 0.25) is 0 Å². The first kappa shape index (κ1) is 41.1. The molecule has 0 N–H and O–H groups in total. The zero-order chi connectivity index (χ0) is 47.5. The van der Waals surface area contributed by atoms with Gasteiger partial charge in [-0.1, -0.05) is 176 Å². The van der Waals surface area contributed by atoms with E-state index in [1.807, 2.05) is 97.1 Å². The van der Waals surface area contributed by atoms with Gasteiger partial charge in [0, 0.05) is 50.2 Å². The van der Waals surface area contributed by atoms with Crippen molar-refractivity contribution in [2.45, 2.75) is 0 Å². The molecule has 72 heavy (non-hydrogen) atoms. The number of fused-ring (bicyclic) bond motifs is 8. The molecule has 14 rings (SSSR count). The zero-order valence-electron chi connectivity index (χ0n) is 38.7. The summed E-state index contributed by atoms with van der Waals surface area (Å²) in [5, 5.41) is 2.27. The van der Waals surface area contributed by atoms with Gasteiger partial charge in [-0.15, -0.1) is 0 Å². The second-order valence-electron chi connectivity index (χ2n) is 17.9. The fourth-order valence-corrected chi connectivity index (χ4v) is 10.2. The smallest absolute Gasteiger partial charge is 0.164 e. The number of aromatic nitrogens is 6. The van der Waals surface area contributed by atoms with E-state index in [4.69, 9.17) is 29.9 Å². The van der Waals surface area contributed by atoms with E-state index in [1.165, 1.54) is 0 Å².